The Balaban J connectivity index is 0.000000366. The molecule has 0 spiro atoms. The van der Waals surface area contributed by atoms with Crippen LogP contribution in [0.4, 0.5) is 0 Å². The Hall–Kier alpha value is -2.81. The van der Waals surface area contributed by atoms with Crippen LogP contribution < -0.4 is 14.8 Å². The lowest BCUT2D eigenvalue weighted by Crippen LogP contribution is -2.43. The van der Waals surface area contributed by atoms with Crippen LogP contribution in [0.5, 0.6) is 11.5 Å². The number of benzene rings is 2. The summed E-state index contributed by atoms with van der Waals surface area (Å²) in [4.78, 5) is 19.3. The number of nitrogens with one attached hydrogen (secondary N) is 1. The van der Waals surface area contributed by atoms with Gasteiger partial charge in [0.15, 0.2) is 17.6 Å². The molecule has 3 N–H and O–H groups in total. The topological polar surface area (TPSA) is 114 Å². The number of rotatable bonds is 8. The second-order valence-corrected chi connectivity index (χ2v) is 7.08. The fourth-order valence-corrected chi connectivity index (χ4v) is 3.03. The summed E-state index contributed by atoms with van der Waals surface area (Å²) >= 11 is 6.03. The highest BCUT2D eigenvalue weighted by Gasteiger charge is 2.28. The maximum absolute atomic E-state index is 9.64. The number of methoxy groups -OCH3 is 1. The van der Waals surface area contributed by atoms with E-state index in [1.54, 1.807) is 19.2 Å². The maximum Gasteiger partial charge on any atom is 0.303 e. The zero-order valence-corrected chi connectivity index (χ0v) is 17.9. The number of morpholine rings is 1. The second kappa shape index (κ2) is 12.8. The van der Waals surface area contributed by atoms with Gasteiger partial charge in [-0.2, -0.15) is 0 Å². The average Bonchev–Trinajstić information content (AvgIpc) is 2.78. The summed E-state index contributed by atoms with van der Waals surface area (Å²) in [5.41, 5.74) is 1.07. The van der Waals surface area contributed by atoms with Crippen molar-refractivity contribution in [1.82, 2.24) is 5.32 Å². The van der Waals surface area contributed by atoms with Gasteiger partial charge in [-0.3, -0.25) is 9.59 Å². The minimum Gasteiger partial charge on any atom is -0.493 e. The molecular weight excluding hydrogens is 426 g/mol. The number of carbonyl (C=O) groups is 2. The van der Waals surface area contributed by atoms with Crippen molar-refractivity contribution >= 4 is 23.5 Å². The third-order valence-corrected chi connectivity index (χ3v) is 4.59. The highest BCUT2D eigenvalue weighted by molar-refractivity contribution is 6.30. The van der Waals surface area contributed by atoms with Crippen LogP contribution in [0.15, 0.2) is 48.5 Å². The first kappa shape index (κ1) is 24.5. The first-order valence-corrected chi connectivity index (χ1v) is 10.1. The number of aliphatic carboxylic acids is 2. The molecule has 1 heterocycles. The Kier molecular flexibility index (Phi) is 10.1. The van der Waals surface area contributed by atoms with Crippen LogP contribution in [-0.4, -0.2) is 55.1 Å². The SMILES string of the molecule is COc1cc(Cl)ccc1O[C@H](c1ccccc1)[C@H]1CNCCO1.O=C(O)CCC(=O)O. The Labute approximate surface area is 185 Å². The predicted octanol–water partition coefficient (Wildman–Crippen LogP) is 3.39. The van der Waals surface area contributed by atoms with E-state index < -0.39 is 11.9 Å². The highest BCUT2D eigenvalue weighted by atomic mass is 35.5. The predicted molar refractivity (Wildman–Crippen MR) is 115 cm³/mol. The molecule has 2 aromatic rings. The number of halogens is 1. The molecule has 2 aromatic carbocycles. The van der Waals surface area contributed by atoms with E-state index in [0.29, 0.717) is 23.1 Å². The van der Waals surface area contributed by atoms with Gasteiger partial charge in [-0.1, -0.05) is 41.9 Å². The molecule has 1 saturated heterocycles. The lowest BCUT2D eigenvalue weighted by atomic mass is 10.0. The molecule has 1 aliphatic heterocycles. The van der Waals surface area contributed by atoms with Gasteiger partial charge in [0.1, 0.15) is 6.10 Å². The van der Waals surface area contributed by atoms with Crippen LogP contribution in [0.2, 0.25) is 5.02 Å². The zero-order valence-electron chi connectivity index (χ0n) is 17.1. The van der Waals surface area contributed by atoms with Gasteiger partial charge in [0.05, 0.1) is 26.6 Å². The van der Waals surface area contributed by atoms with E-state index in [9.17, 15) is 9.59 Å². The van der Waals surface area contributed by atoms with E-state index in [1.165, 1.54) is 0 Å². The van der Waals surface area contributed by atoms with Gasteiger partial charge in [-0.15, -0.1) is 0 Å². The molecule has 1 aliphatic rings. The van der Waals surface area contributed by atoms with Crippen molar-refractivity contribution in [1.29, 1.82) is 0 Å². The molecule has 168 valence electrons. The van der Waals surface area contributed by atoms with Gasteiger partial charge in [0, 0.05) is 24.2 Å². The van der Waals surface area contributed by atoms with Crippen LogP contribution in [0.1, 0.15) is 24.5 Å². The van der Waals surface area contributed by atoms with Gasteiger partial charge < -0.3 is 29.7 Å². The van der Waals surface area contributed by atoms with E-state index >= 15 is 0 Å². The van der Waals surface area contributed by atoms with Gasteiger partial charge in [-0.25, -0.2) is 0 Å². The van der Waals surface area contributed by atoms with E-state index in [2.05, 4.69) is 5.32 Å². The summed E-state index contributed by atoms with van der Waals surface area (Å²) in [6.07, 6.45) is -0.879. The summed E-state index contributed by atoms with van der Waals surface area (Å²) < 4.78 is 17.6. The summed E-state index contributed by atoms with van der Waals surface area (Å²) in [5.74, 6) is -0.887. The average molecular weight is 452 g/mol. The molecule has 0 radical (unpaired) electrons. The van der Waals surface area contributed by atoms with E-state index in [0.717, 1.165) is 18.7 Å². The van der Waals surface area contributed by atoms with Crippen LogP contribution in [0, 0.1) is 0 Å². The van der Waals surface area contributed by atoms with E-state index in [4.69, 9.17) is 36.0 Å². The molecule has 0 aliphatic carbocycles. The molecule has 2 atom stereocenters. The largest absolute Gasteiger partial charge is 0.493 e. The van der Waals surface area contributed by atoms with Crippen molar-refractivity contribution in [3.8, 4) is 11.5 Å². The standard InChI is InChI=1S/C18H20ClNO3.C4H6O4/c1-21-16-11-14(19)7-8-15(16)23-18(13-5-3-2-4-6-13)17-12-20-9-10-22-17;5-3(6)1-2-4(7)8/h2-8,11,17-18,20H,9-10,12H2,1H3;1-2H2,(H,5,6)(H,7,8)/t17-,18-;/m1./s1. The number of carboxylic acids is 2. The fourth-order valence-electron chi connectivity index (χ4n) is 2.87. The van der Waals surface area contributed by atoms with Gasteiger partial charge in [0.25, 0.3) is 0 Å². The van der Waals surface area contributed by atoms with Gasteiger partial charge >= 0.3 is 11.9 Å². The van der Waals surface area contributed by atoms with Crippen molar-refractivity contribution < 1.29 is 34.0 Å². The number of hydrogen-bond donors (Lipinski definition) is 3. The molecule has 0 amide bonds. The first-order chi connectivity index (χ1) is 14.9. The van der Waals surface area contributed by atoms with Crippen LogP contribution in [-0.2, 0) is 14.3 Å². The normalized spacial score (nSPS) is 16.4. The molecule has 3 rings (SSSR count). The fraction of sp³-hybridized carbons (Fsp3) is 0.364. The number of ether oxygens (including phenoxy) is 3. The molecular formula is C22H26ClNO7. The minimum absolute atomic E-state index is 0.0634. The zero-order chi connectivity index (χ0) is 22.6. The maximum atomic E-state index is 9.64. The Morgan fingerprint density at radius 2 is 1.81 bits per heavy atom. The Bertz CT molecular complexity index is 827. The highest BCUT2D eigenvalue weighted by Crippen LogP contribution is 2.35. The van der Waals surface area contributed by atoms with E-state index in [1.807, 2.05) is 36.4 Å². The van der Waals surface area contributed by atoms with Gasteiger partial charge in [0.2, 0.25) is 0 Å². The van der Waals surface area contributed by atoms with E-state index in [-0.39, 0.29) is 25.0 Å². The third kappa shape index (κ3) is 8.45. The van der Waals surface area contributed by atoms with Crippen LogP contribution >= 0.6 is 11.6 Å². The van der Waals surface area contributed by atoms with Crippen LogP contribution in [0.25, 0.3) is 0 Å². The van der Waals surface area contributed by atoms with Gasteiger partial charge in [-0.05, 0) is 17.7 Å². The third-order valence-electron chi connectivity index (χ3n) is 4.35. The molecule has 8 nitrogen and oxygen atoms in total. The molecule has 9 heteroatoms. The summed E-state index contributed by atoms with van der Waals surface area (Å²) in [6.45, 7) is 2.28. The van der Waals surface area contributed by atoms with Crippen molar-refractivity contribution in [3.63, 3.8) is 0 Å². The molecule has 31 heavy (non-hydrogen) atoms. The van der Waals surface area contributed by atoms with Crippen molar-refractivity contribution in [3.05, 3.63) is 59.1 Å². The molecule has 0 aromatic heterocycles. The Morgan fingerprint density at radius 3 is 2.35 bits per heavy atom. The minimum atomic E-state index is -1.08. The monoisotopic (exact) mass is 451 g/mol. The summed E-state index contributed by atoms with van der Waals surface area (Å²) in [5, 5.41) is 19.8. The smallest absolute Gasteiger partial charge is 0.303 e. The number of hydrogen-bond acceptors (Lipinski definition) is 6. The second-order valence-electron chi connectivity index (χ2n) is 6.65. The molecule has 0 saturated carbocycles. The molecule has 1 fully saturated rings. The van der Waals surface area contributed by atoms with Crippen molar-refractivity contribution in [2.75, 3.05) is 26.8 Å². The van der Waals surface area contributed by atoms with Crippen molar-refractivity contribution in [2.45, 2.75) is 25.0 Å². The molecule has 0 bridgehead atoms. The lowest BCUT2D eigenvalue weighted by molar-refractivity contribution is -0.143. The summed E-state index contributed by atoms with van der Waals surface area (Å²) in [6, 6.07) is 15.5. The number of carboxylic acid groups (broad SMARTS) is 2. The van der Waals surface area contributed by atoms with Crippen LogP contribution in [0.3, 0.4) is 0 Å². The first-order valence-electron chi connectivity index (χ1n) is 9.71. The summed E-state index contributed by atoms with van der Waals surface area (Å²) in [7, 11) is 1.61. The van der Waals surface area contributed by atoms with Crippen molar-refractivity contribution in [2.24, 2.45) is 0 Å². The quantitative estimate of drug-likeness (QED) is 0.559. The Morgan fingerprint density at radius 1 is 1.13 bits per heavy atom. The lowest BCUT2D eigenvalue weighted by Gasteiger charge is -2.32. The molecule has 0 unspecified atom stereocenters.